The average molecular weight is 334 g/mol. The van der Waals surface area contributed by atoms with Crippen LogP contribution >= 0.6 is 0 Å². The van der Waals surface area contributed by atoms with Crippen LogP contribution in [0.4, 0.5) is 0 Å². The van der Waals surface area contributed by atoms with E-state index >= 15 is 0 Å². The van der Waals surface area contributed by atoms with Crippen LogP contribution in [0.15, 0.2) is 21.9 Å². The highest BCUT2D eigenvalue weighted by atomic mass is 16.5. The maximum atomic E-state index is 12.5. The summed E-state index contributed by atoms with van der Waals surface area (Å²) in [4.78, 5) is 48.3. The quantitative estimate of drug-likeness (QED) is 0.410. The van der Waals surface area contributed by atoms with E-state index in [4.69, 9.17) is 15.9 Å². The van der Waals surface area contributed by atoms with E-state index < -0.39 is 23.2 Å². The fraction of sp³-hybridized carbons (Fsp3) is 0.375. The van der Waals surface area contributed by atoms with Gasteiger partial charge < -0.3 is 9.47 Å². The Morgan fingerprint density at radius 3 is 2.42 bits per heavy atom. The number of terminal acetylenes is 1. The SMILES string of the molecule is C#CCn1c(=O)c(C)cn(/C(=C\C(=O)OCC)C(=O)OCC)c1=O. The zero-order chi connectivity index (χ0) is 18.3. The number of aryl methyl sites for hydroxylation is 1. The number of aromatic nitrogens is 2. The lowest BCUT2D eigenvalue weighted by molar-refractivity contribution is -0.139. The van der Waals surface area contributed by atoms with Crippen molar-refractivity contribution in [1.82, 2.24) is 9.13 Å². The molecule has 0 aliphatic heterocycles. The topological polar surface area (TPSA) is 96.6 Å². The van der Waals surface area contributed by atoms with Gasteiger partial charge in [0, 0.05) is 11.8 Å². The van der Waals surface area contributed by atoms with Gasteiger partial charge in [0.1, 0.15) is 5.70 Å². The number of hydrogen-bond donors (Lipinski definition) is 0. The summed E-state index contributed by atoms with van der Waals surface area (Å²) in [5.74, 6) is 0.473. The third-order valence-electron chi connectivity index (χ3n) is 2.88. The van der Waals surface area contributed by atoms with Gasteiger partial charge in [-0.05, 0) is 20.8 Å². The van der Waals surface area contributed by atoms with Crippen molar-refractivity contribution in [3.63, 3.8) is 0 Å². The molecule has 0 N–H and O–H groups in total. The lowest BCUT2D eigenvalue weighted by Gasteiger charge is -2.12. The molecule has 0 unspecified atom stereocenters. The van der Waals surface area contributed by atoms with Crippen molar-refractivity contribution in [1.29, 1.82) is 0 Å². The first-order chi connectivity index (χ1) is 11.4. The third-order valence-corrected chi connectivity index (χ3v) is 2.88. The van der Waals surface area contributed by atoms with E-state index in [0.29, 0.717) is 0 Å². The van der Waals surface area contributed by atoms with Crippen LogP contribution in [0.2, 0.25) is 0 Å². The molecule has 1 aromatic rings. The highest BCUT2D eigenvalue weighted by Gasteiger charge is 2.20. The van der Waals surface area contributed by atoms with Crippen LogP contribution in [0.3, 0.4) is 0 Å². The Bertz CT molecular complexity index is 822. The summed E-state index contributed by atoms with van der Waals surface area (Å²) in [5, 5.41) is 0. The molecule has 0 saturated carbocycles. The van der Waals surface area contributed by atoms with Gasteiger partial charge in [-0.15, -0.1) is 6.42 Å². The van der Waals surface area contributed by atoms with Crippen LogP contribution in [-0.2, 0) is 25.6 Å². The number of ether oxygens (including phenoxy) is 2. The summed E-state index contributed by atoms with van der Waals surface area (Å²) in [7, 11) is 0. The number of nitrogens with zero attached hydrogens (tertiary/aromatic N) is 2. The predicted molar refractivity (Wildman–Crippen MR) is 86.1 cm³/mol. The molecule has 0 bridgehead atoms. The number of carbonyl (C=O) groups excluding carboxylic acids is 2. The van der Waals surface area contributed by atoms with Crippen molar-refractivity contribution in [2.45, 2.75) is 27.3 Å². The normalized spacial score (nSPS) is 10.8. The van der Waals surface area contributed by atoms with E-state index in [2.05, 4.69) is 5.92 Å². The molecule has 1 heterocycles. The van der Waals surface area contributed by atoms with Gasteiger partial charge in [-0.1, -0.05) is 5.92 Å². The molecule has 0 radical (unpaired) electrons. The van der Waals surface area contributed by atoms with Gasteiger partial charge >= 0.3 is 17.6 Å². The molecule has 1 rings (SSSR count). The molecule has 1 aromatic heterocycles. The first-order valence-electron chi connectivity index (χ1n) is 7.19. The van der Waals surface area contributed by atoms with Crippen molar-refractivity contribution < 1.29 is 19.1 Å². The number of carbonyl (C=O) groups is 2. The van der Waals surface area contributed by atoms with Crippen LogP contribution in [0.25, 0.3) is 5.70 Å². The molecule has 8 heteroatoms. The second-order valence-corrected chi connectivity index (χ2v) is 4.56. The minimum absolute atomic E-state index is 0.0384. The summed E-state index contributed by atoms with van der Waals surface area (Å²) >= 11 is 0. The van der Waals surface area contributed by atoms with Crippen LogP contribution in [0.1, 0.15) is 19.4 Å². The Labute approximate surface area is 138 Å². The summed E-state index contributed by atoms with van der Waals surface area (Å²) in [6, 6.07) is 0. The smallest absolute Gasteiger partial charge is 0.355 e. The van der Waals surface area contributed by atoms with E-state index in [1.165, 1.54) is 6.92 Å². The number of esters is 2. The van der Waals surface area contributed by atoms with Crippen LogP contribution < -0.4 is 11.2 Å². The van der Waals surface area contributed by atoms with Gasteiger partial charge in [-0.3, -0.25) is 9.36 Å². The van der Waals surface area contributed by atoms with Gasteiger partial charge in [0.15, 0.2) is 0 Å². The third kappa shape index (κ3) is 4.23. The highest BCUT2D eigenvalue weighted by molar-refractivity contribution is 6.14. The summed E-state index contributed by atoms with van der Waals surface area (Å²) < 4.78 is 11.2. The molecule has 0 aliphatic carbocycles. The molecule has 0 fully saturated rings. The van der Waals surface area contributed by atoms with Crippen LogP contribution in [0, 0.1) is 19.3 Å². The zero-order valence-corrected chi connectivity index (χ0v) is 13.7. The summed E-state index contributed by atoms with van der Waals surface area (Å²) in [6.07, 6.45) is 7.16. The first-order valence-corrected chi connectivity index (χ1v) is 7.19. The molecular formula is C16H18N2O6. The van der Waals surface area contributed by atoms with Gasteiger partial charge in [0.2, 0.25) is 0 Å². The van der Waals surface area contributed by atoms with Gasteiger partial charge in [0.05, 0.1) is 25.8 Å². The molecule has 24 heavy (non-hydrogen) atoms. The molecular weight excluding hydrogens is 316 g/mol. The Morgan fingerprint density at radius 2 is 1.88 bits per heavy atom. The summed E-state index contributed by atoms with van der Waals surface area (Å²) in [6.45, 7) is 4.49. The van der Waals surface area contributed by atoms with Crippen molar-refractivity contribution in [3.05, 3.63) is 38.7 Å². The molecule has 0 aromatic carbocycles. The maximum absolute atomic E-state index is 12.5. The molecule has 0 spiro atoms. The minimum atomic E-state index is -0.905. The van der Waals surface area contributed by atoms with Crippen molar-refractivity contribution in [2.75, 3.05) is 13.2 Å². The van der Waals surface area contributed by atoms with E-state index in [1.54, 1.807) is 13.8 Å². The number of hydrogen-bond acceptors (Lipinski definition) is 6. The Morgan fingerprint density at radius 1 is 1.25 bits per heavy atom. The molecule has 0 amide bonds. The Balaban J connectivity index is 3.63. The van der Waals surface area contributed by atoms with Gasteiger partial charge in [0.25, 0.3) is 5.56 Å². The minimum Gasteiger partial charge on any atom is -0.463 e. The lowest BCUT2D eigenvalue weighted by atomic mass is 10.3. The summed E-state index contributed by atoms with van der Waals surface area (Å²) in [5.41, 5.74) is -1.63. The number of rotatable bonds is 6. The van der Waals surface area contributed by atoms with Crippen molar-refractivity contribution in [2.24, 2.45) is 0 Å². The second kappa shape index (κ2) is 8.53. The predicted octanol–water partition coefficient (Wildman–Crippen LogP) is -0.0813. The Hall–Kier alpha value is -3.08. The molecule has 0 atom stereocenters. The van der Waals surface area contributed by atoms with Crippen LogP contribution in [-0.4, -0.2) is 34.3 Å². The Kier molecular flexibility index (Phi) is 6.74. The van der Waals surface area contributed by atoms with Crippen molar-refractivity contribution in [3.8, 4) is 12.3 Å². The van der Waals surface area contributed by atoms with E-state index in [-0.39, 0.29) is 31.0 Å². The fourth-order valence-corrected chi connectivity index (χ4v) is 1.86. The lowest BCUT2D eigenvalue weighted by Crippen LogP contribution is -2.41. The highest BCUT2D eigenvalue weighted by Crippen LogP contribution is 2.06. The monoisotopic (exact) mass is 334 g/mol. The molecule has 0 saturated heterocycles. The zero-order valence-electron chi connectivity index (χ0n) is 13.7. The standard InChI is InChI=1S/C16H18N2O6/c1-5-8-17-14(20)11(4)10-18(16(17)22)12(15(21)24-7-3)9-13(19)23-6-2/h1,9-10H,6-8H2,2-4H3/b12-9-. The van der Waals surface area contributed by atoms with Crippen molar-refractivity contribution >= 4 is 17.6 Å². The van der Waals surface area contributed by atoms with Gasteiger partial charge in [-0.25, -0.2) is 19.0 Å². The second-order valence-electron chi connectivity index (χ2n) is 4.56. The van der Waals surface area contributed by atoms with Crippen LogP contribution in [0.5, 0.6) is 0 Å². The van der Waals surface area contributed by atoms with E-state index in [9.17, 15) is 19.2 Å². The first kappa shape index (κ1) is 19.0. The fourth-order valence-electron chi connectivity index (χ4n) is 1.86. The average Bonchev–Trinajstić information content (AvgIpc) is 2.53. The van der Waals surface area contributed by atoms with E-state index in [0.717, 1.165) is 21.4 Å². The molecule has 128 valence electrons. The van der Waals surface area contributed by atoms with E-state index in [1.807, 2.05) is 0 Å². The van der Waals surface area contributed by atoms with Gasteiger partial charge in [-0.2, -0.15) is 0 Å². The molecule has 0 aliphatic rings. The maximum Gasteiger partial charge on any atom is 0.355 e. The molecule has 8 nitrogen and oxygen atoms in total. The largest absolute Gasteiger partial charge is 0.463 e.